The van der Waals surface area contributed by atoms with Gasteiger partial charge in [0.05, 0.1) is 23.7 Å². The average Bonchev–Trinajstić information content (AvgIpc) is 2.93. The van der Waals surface area contributed by atoms with Gasteiger partial charge in [-0.1, -0.05) is 0 Å². The molecule has 2 aromatic rings. The van der Waals surface area contributed by atoms with Crippen LogP contribution in [0.25, 0.3) is 0 Å². The lowest BCUT2D eigenvalue weighted by molar-refractivity contribution is 0.340. The maximum absolute atomic E-state index is 12.6. The number of nitrogens with zero attached hydrogens (tertiary/aromatic N) is 3. The van der Waals surface area contributed by atoms with E-state index in [1.54, 1.807) is 30.5 Å². The van der Waals surface area contributed by atoms with Gasteiger partial charge in [0, 0.05) is 18.3 Å². The smallest absolute Gasteiger partial charge is 0.243 e. The summed E-state index contributed by atoms with van der Waals surface area (Å²) in [6, 6.07) is 6.46. The summed E-state index contributed by atoms with van der Waals surface area (Å²) in [5.74, 6) is 0.659. The van der Waals surface area contributed by atoms with Crippen LogP contribution in [0.2, 0.25) is 0 Å². The molecule has 7 heteroatoms. The van der Waals surface area contributed by atoms with Crippen molar-refractivity contribution >= 4 is 10.0 Å². The molecule has 0 spiro atoms. The number of ether oxygens (including phenoxy) is 1. The van der Waals surface area contributed by atoms with Crippen LogP contribution in [-0.4, -0.2) is 29.3 Å². The molecule has 0 aliphatic carbocycles. The molecule has 0 saturated heterocycles. The Balaban J connectivity index is 1.85. The number of sulfonamides is 1. The summed E-state index contributed by atoms with van der Waals surface area (Å²) in [4.78, 5) is 8.30. The van der Waals surface area contributed by atoms with E-state index >= 15 is 0 Å². The minimum atomic E-state index is -3.53. The van der Waals surface area contributed by atoms with E-state index in [1.165, 1.54) is 10.6 Å². The third-order valence-electron chi connectivity index (χ3n) is 3.33. The summed E-state index contributed by atoms with van der Waals surface area (Å²) < 4.78 is 31.9. The Labute approximate surface area is 123 Å². The Hall–Kier alpha value is -1.99. The predicted molar refractivity (Wildman–Crippen MR) is 76.1 cm³/mol. The molecule has 6 nitrogen and oxygen atoms in total. The molecular weight excluding hydrogens is 290 g/mol. The Morgan fingerprint density at radius 1 is 1.24 bits per heavy atom. The summed E-state index contributed by atoms with van der Waals surface area (Å²) >= 11 is 0. The minimum absolute atomic E-state index is 0.256. The zero-order valence-electron chi connectivity index (χ0n) is 11.6. The summed E-state index contributed by atoms with van der Waals surface area (Å²) in [5.41, 5.74) is 1.62. The average molecular weight is 305 g/mol. The van der Waals surface area contributed by atoms with Crippen molar-refractivity contribution in [3.63, 3.8) is 0 Å². The largest absolute Gasteiger partial charge is 0.494 e. The van der Waals surface area contributed by atoms with Gasteiger partial charge in [0.1, 0.15) is 12.1 Å². The van der Waals surface area contributed by atoms with Gasteiger partial charge in [0.25, 0.3) is 0 Å². The van der Waals surface area contributed by atoms with Crippen LogP contribution in [0.1, 0.15) is 18.2 Å². The first-order valence-electron chi connectivity index (χ1n) is 6.62. The van der Waals surface area contributed by atoms with E-state index in [9.17, 15) is 8.42 Å². The molecule has 1 aromatic carbocycles. The van der Waals surface area contributed by atoms with E-state index in [1.807, 2.05) is 6.92 Å². The molecule has 110 valence electrons. The van der Waals surface area contributed by atoms with Crippen molar-refractivity contribution in [2.24, 2.45) is 0 Å². The fraction of sp³-hybridized carbons (Fsp3) is 0.286. The van der Waals surface area contributed by atoms with Crippen LogP contribution in [0.15, 0.2) is 41.7 Å². The number of fused-ring (bicyclic) bond motifs is 1. The Morgan fingerprint density at radius 2 is 2.00 bits per heavy atom. The van der Waals surface area contributed by atoms with Crippen molar-refractivity contribution in [2.45, 2.75) is 24.9 Å². The maximum atomic E-state index is 12.6. The van der Waals surface area contributed by atoms with Gasteiger partial charge >= 0.3 is 0 Å². The first kappa shape index (κ1) is 14.0. The van der Waals surface area contributed by atoms with Gasteiger partial charge in [-0.25, -0.2) is 18.4 Å². The van der Waals surface area contributed by atoms with Crippen LogP contribution in [0.3, 0.4) is 0 Å². The maximum Gasteiger partial charge on any atom is 0.243 e. The van der Waals surface area contributed by atoms with E-state index in [0.29, 0.717) is 18.9 Å². The van der Waals surface area contributed by atoms with Crippen LogP contribution >= 0.6 is 0 Å². The summed E-state index contributed by atoms with van der Waals surface area (Å²) in [6.45, 7) is 3.03. The lowest BCUT2D eigenvalue weighted by Crippen LogP contribution is -2.25. The van der Waals surface area contributed by atoms with Crippen molar-refractivity contribution in [3.8, 4) is 5.75 Å². The molecule has 0 amide bonds. The van der Waals surface area contributed by atoms with Gasteiger partial charge in [-0.2, -0.15) is 4.31 Å². The third-order valence-corrected chi connectivity index (χ3v) is 5.13. The SMILES string of the molecule is CCOc1ccc(S(=O)(=O)N2Cc3cncnc3C2)cc1. The highest BCUT2D eigenvalue weighted by Crippen LogP contribution is 2.27. The van der Waals surface area contributed by atoms with E-state index in [2.05, 4.69) is 9.97 Å². The summed E-state index contributed by atoms with van der Waals surface area (Å²) in [5, 5.41) is 0. The van der Waals surface area contributed by atoms with Gasteiger partial charge in [-0.3, -0.25) is 0 Å². The van der Waals surface area contributed by atoms with Crippen LogP contribution in [-0.2, 0) is 23.1 Å². The van der Waals surface area contributed by atoms with E-state index in [4.69, 9.17) is 4.74 Å². The summed E-state index contributed by atoms with van der Waals surface area (Å²) in [7, 11) is -3.53. The minimum Gasteiger partial charge on any atom is -0.494 e. The van der Waals surface area contributed by atoms with Gasteiger partial charge in [0.2, 0.25) is 10.0 Å². The second-order valence-corrected chi connectivity index (χ2v) is 6.61. The number of rotatable bonds is 4. The van der Waals surface area contributed by atoms with Crippen molar-refractivity contribution in [1.29, 1.82) is 0 Å². The van der Waals surface area contributed by atoms with Crippen LogP contribution in [0, 0.1) is 0 Å². The monoisotopic (exact) mass is 305 g/mol. The lowest BCUT2D eigenvalue weighted by Gasteiger charge is -2.15. The van der Waals surface area contributed by atoms with Crippen molar-refractivity contribution in [1.82, 2.24) is 14.3 Å². The zero-order chi connectivity index (χ0) is 14.9. The lowest BCUT2D eigenvalue weighted by atomic mass is 10.3. The fourth-order valence-electron chi connectivity index (χ4n) is 2.26. The molecular formula is C14H15N3O3S. The normalized spacial score (nSPS) is 14.9. The number of benzene rings is 1. The van der Waals surface area contributed by atoms with E-state index in [0.717, 1.165) is 11.3 Å². The molecule has 0 bridgehead atoms. The van der Waals surface area contributed by atoms with Crippen LogP contribution < -0.4 is 4.74 Å². The predicted octanol–water partition coefficient (Wildman–Crippen LogP) is 1.58. The molecule has 0 N–H and O–H groups in total. The number of hydrogen-bond donors (Lipinski definition) is 0. The highest BCUT2D eigenvalue weighted by Gasteiger charge is 2.31. The Kier molecular flexibility index (Phi) is 3.60. The van der Waals surface area contributed by atoms with Crippen LogP contribution in [0.4, 0.5) is 0 Å². The number of hydrogen-bond acceptors (Lipinski definition) is 5. The molecule has 0 fully saturated rings. The summed E-state index contributed by atoms with van der Waals surface area (Å²) in [6.07, 6.45) is 3.10. The second kappa shape index (κ2) is 5.42. The van der Waals surface area contributed by atoms with Crippen molar-refractivity contribution in [2.75, 3.05) is 6.61 Å². The molecule has 2 heterocycles. The Bertz CT molecular complexity index is 719. The van der Waals surface area contributed by atoms with Gasteiger partial charge in [0.15, 0.2) is 0 Å². The highest BCUT2D eigenvalue weighted by molar-refractivity contribution is 7.89. The first-order valence-corrected chi connectivity index (χ1v) is 8.06. The standard InChI is InChI=1S/C14H15N3O3S/c1-2-20-12-3-5-13(6-4-12)21(18,19)17-8-11-7-15-10-16-14(11)9-17/h3-7,10H,2,8-9H2,1H3. The fourth-order valence-corrected chi connectivity index (χ4v) is 3.64. The van der Waals surface area contributed by atoms with Gasteiger partial charge in [-0.05, 0) is 31.2 Å². The van der Waals surface area contributed by atoms with Gasteiger partial charge in [-0.15, -0.1) is 0 Å². The molecule has 21 heavy (non-hydrogen) atoms. The van der Waals surface area contributed by atoms with Crippen LogP contribution in [0.5, 0.6) is 5.75 Å². The topological polar surface area (TPSA) is 72.4 Å². The molecule has 0 atom stereocenters. The van der Waals surface area contributed by atoms with Gasteiger partial charge < -0.3 is 4.74 Å². The molecule has 1 aliphatic rings. The van der Waals surface area contributed by atoms with Crippen molar-refractivity contribution < 1.29 is 13.2 Å². The highest BCUT2D eigenvalue weighted by atomic mass is 32.2. The number of aromatic nitrogens is 2. The molecule has 3 rings (SSSR count). The quantitative estimate of drug-likeness (QED) is 0.857. The van der Waals surface area contributed by atoms with E-state index in [-0.39, 0.29) is 11.4 Å². The molecule has 1 aromatic heterocycles. The second-order valence-electron chi connectivity index (χ2n) is 4.67. The molecule has 0 saturated carbocycles. The molecule has 0 radical (unpaired) electrons. The molecule has 0 unspecified atom stereocenters. The zero-order valence-corrected chi connectivity index (χ0v) is 12.4. The Morgan fingerprint density at radius 3 is 2.67 bits per heavy atom. The van der Waals surface area contributed by atoms with E-state index < -0.39 is 10.0 Å². The third kappa shape index (κ3) is 2.62. The van der Waals surface area contributed by atoms with Crippen molar-refractivity contribution in [3.05, 3.63) is 48.0 Å². The first-order chi connectivity index (χ1) is 10.1. The molecule has 1 aliphatic heterocycles.